The number of rotatable bonds is 3. The molecule has 1 amide bonds. The van der Waals surface area contributed by atoms with Crippen LogP contribution in [0.3, 0.4) is 0 Å². The number of carbonyl (C=O) groups is 1. The molecule has 3 heterocycles. The first-order valence-corrected chi connectivity index (χ1v) is 12.3. The second-order valence-electron chi connectivity index (χ2n) is 7.51. The molecule has 1 aromatic heterocycles. The van der Waals surface area contributed by atoms with E-state index >= 15 is 0 Å². The Balaban J connectivity index is 1.43. The summed E-state index contributed by atoms with van der Waals surface area (Å²) in [5, 5.41) is 1.85. The van der Waals surface area contributed by atoms with Crippen molar-refractivity contribution in [3.8, 4) is 0 Å². The summed E-state index contributed by atoms with van der Waals surface area (Å²) in [6.07, 6.45) is 1.83. The molecule has 2 aromatic rings. The predicted octanol–water partition coefficient (Wildman–Crippen LogP) is 4.09. The quantitative estimate of drug-likeness (QED) is 0.699. The maximum absolute atomic E-state index is 13.4. The number of nitrogens with zero attached hydrogens (tertiary/aromatic N) is 2. The third-order valence-corrected chi connectivity index (χ3v) is 9.07. The summed E-state index contributed by atoms with van der Waals surface area (Å²) in [6.45, 7) is 3.29. The van der Waals surface area contributed by atoms with Gasteiger partial charge in [0.25, 0.3) is 0 Å². The van der Waals surface area contributed by atoms with Gasteiger partial charge in [-0.1, -0.05) is 11.6 Å². The fourth-order valence-electron chi connectivity index (χ4n) is 4.17. The van der Waals surface area contributed by atoms with Gasteiger partial charge in [-0.05, 0) is 61.4 Å². The molecule has 0 saturated carbocycles. The second kappa shape index (κ2) is 7.98. The topological polar surface area (TPSA) is 57.7 Å². The highest BCUT2D eigenvalue weighted by molar-refractivity contribution is 7.89. The van der Waals surface area contributed by atoms with Crippen LogP contribution in [0.4, 0.5) is 4.39 Å². The van der Waals surface area contributed by atoms with Crippen molar-refractivity contribution in [2.45, 2.75) is 37.1 Å². The number of sulfonamides is 1. The number of hydrogen-bond donors (Lipinski definition) is 0. The first kappa shape index (κ1) is 20.8. The van der Waals surface area contributed by atoms with Gasteiger partial charge in [0.05, 0.1) is 16.0 Å². The average Bonchev–Trinajstić information content (AvgIpc) is 3.20. The van der Waals surface area contributed by atoms with E-state index in [1.807, 2.05) is 4.90 Å². The number of amides is 1. The number of fused-ring (bicyclic) bond motifs is 1. The zero-order valence-corrected chi connectivity index (χ0v) is 18.4. The van der Waals surface area contributed by atoms with Crippen molar-refractivity contribution in [2.24, 2.45) is 5.92 Å². The summed E-state index contributed by atoms with van der Waals surface area (Å²) in [6, 6.07) is 5.56. The van der Waals surface area contributed by atoms with Crippen molar-refractivity contribution in [2.75, 3.05) is 19.6 Å². The van der Waals surface area contributed by atoms with Crippen LogP contribution in [0.5, 0.6) is 0 Å². The number of halogens is 2. The third-order valence-electron chi connectivity index (χ3n) is 5.89. The minimum atomic E-state index is -3.76. The van der Waals surface area contributed by atoms with Crippen molar-refractivity contribution in [1.82, 2.24) is 9.21 Å². The smallest absolute Gasteiger partial charge is 0.243 e. The fourth-order valence-corrected chi connectivity index (χ4v) is 6.88. The molecule has 0 bridgehead atoms. The maximum Gasteiger partial charge on any atom is 0.243 e. The Morgan fingerprint density at radius 1 is 1.21 bits per heavy atom. The number of benzene rings is 1. The molecule has 29 heavy (non-hydrogen) atoms. The van der Waals surface area contributed by atoms with Gasteiger partial charge in [-0.25, -0.2) is 12.8 Å². The molecule has 1 atom stereocenters. The molecule has 9 heteroatoms. The molecule has 1 saturated heterocycles. The van der Waals surface area contributed by atoms with E-state index in [4.69, 9.17) is 11.6 Å². The average molecular weight is 457 g/mol. The Morgan fingerprint density at radius 2 is 1.93 bits per heavy atom. The Labute approximate surface area is 179 Å². The van der Waals surface area contributed by atoms with Crippen LogP contribution in [-0.4, -0.2) is 43.2 Å². The number of hydrogen-bond acceptors (Lipinski definition) is 4. The number of piperidine rings is 1. The van der Waals surface area contributed by atoms with Gasteiger partial charge < -0.3 is 4.90 Å². The van der Waals surface area contributed by atoms with Gasteiger partial charge in [-0.2, -0.15) is 4.31 Å². The van der Waals surface area contributed by atoms with Gasteiger partial charge in [-0.3, -0.25) is 4.79 Å². The molecule has 0 spiro atoms. The van der Waals surface area contributed by atoms with Gasteiger partial charge in [0.15, 0.2) is 0 Å². The van der Waals surface area contributed by atoms with Crippen molar-refractivity contribution in [3.63, 3.8) is 0 Å². The molecule has 2 aliphatic rings. The van der Waals surface area contributed by atoms with Crippen LogP contribution in [0, 0.1) is 11.7 Å². The lowest BCUT2D eigenvalue weighted by molar-refractivity contribution is -0.139. The standard InChI is InChI=1S/C20H22ClFN2O3S2/c1-13-16-7-11-28-19(16)6-10-24(13)20(25)14-4-8-23(9-5-14)29(26,27)15-2-3-18(22)17(21)12-15/h2-3,7,11-14H,4-6,8-10H2,1H3/t13-/m1/s1. The minimum absolute atomic E-state index is 0.0247. The van der Waals surface area contributed by atoms with E-state index in [0.29, 0.717) is 19.4 Å². The van der Waals surface area contributed by atoms with Crippen LogP contribution in [0.2, 0.25) is 5.02 Å². The molecule has 0 N–H and O–H groups in total. The van der Waals surface area contributed by atoms with Gasteiger partial charge in [0, 0.05) is 30.4 Å². The highest BCUT2D eigenvalue weighted by atomic mass is 35.5. The predicted molar refractivity (Wildman–Crippen MR) is 111 cm³/mol. The Hall–Kier alpha value is -1.48. The summed E-state index contributed by atoms with van der Waals surface area (Å²) < 4.78 is 40.4. The van der Waals surface area contributed by atoms with Crippen LogP contribution in [0.15, 0.2) is 34.5 Å². The molecule has 1 fully saturated rings. The van der Waals surface area contributed by atoms with Crippen molar-refractivity contribution >= 4 is 38.9 Å². The molecule has 0 radical (unpaired) electrons. The molecule has 0 unspecified atom stereocenters. The molecule has 1 aromatic carbocycles. The zero-order chi connectivity index (χ0) is 20.8. The highest BCUT2D eigenvalue weighted by Gasteiger charge is 2.36. The van der Waals surface area contributed by atoms with Crippen LogP contribution in [0.25, 0.3) is 0 Å². The molecule has 2 aliphatic heterocycles. The van der Waals surface area contributed by atoms with Gasteiger partial charge >= 0.3 is 0 Å². The van der Waals surface area contributed by atoms with Crippen molar-refractivity contribution in [1.29, 1.82) is 0 Å². The van der Waals surface area contributed by atoms with E-state index in [1.165, 1.54) is 20.8 Å². The summed E-state index contributed by atoms with van der Waals surface area (Å²) in [5.74, 6) is -0.725. The monoisotopic (exact) mass is 456 g/mol. The largest absolute Gasteiger partial charge is 0.335 e. The molecule has 0 aliphatic carbocycles. The second-order valence-corrected chi connectivity index (χ2v) is 10.9. The van der Waals surface area contributed by atoms with E-state index in [1.54, 1.807) is 11.3 Å². The van der Waals surface area contributed by atoms with E-state index < -0.39 is 15.8 Å². The van der Waals surface area contributed by atoms with Crippen molar-refractivity contribution < 1.29 is 17.6 Å². The van der Waals surface area contributed by atoms with E-state index in [2.05, 4.69) is 18.4 Å². The number of carbonyl (C=O) groups excluding carboxylic acids is 1. The van der Waals surface area contributed by atoms with E-state index in [-0.39, 0.29) is 40.9 Å². The SMILES string of the molecule is C[C@@H]1c2ccsc2CCN1C(=O)C1CCN(S(=O)(=O)c2ccc(F)c(Cl)c2)CC1. The summed E-state index contributed by atoms with van der Waals surface area (Å²) in [4.78, 5) is 16.4. The Kier molecular flexibility index (Phi) is 5.72. The summed E-state index contributed by atoms with van der Waals surface area (Å²) in [7, 11) is -3.76. The van der Waals surface area contributed by atoms with Gasteiger partial charge in [0.1, 0.15) is 5.82 Å². The van der Waals surface area contributed by atoms with Crippen LogP contribution in [0.1, 0.15) is 36.2 Å². The zero-order valence-electron chi connectivity index (χ0n) is 16.0. The van der Waals surface area contributed by atoms with Crippen LogP contribution in [-0.2, 0) is 21.2 Å². The highest BCUT2D eigenvalue weighted by Crippen LogP contribution is 2.35. The number of thiophene rings is 1. The van der Waals surface area contributed by atoms with Crippen LogP contribution >= 0.6 is 22.9 Å². The lowest BCUT2D eigenvalue weighted by Crippen LogP contribution is -2.46. The first-order chi connectivity index (χ1) is 13.8. The Morgan fingerprint density at radius 3 is 2.62 bits per heavy atom. The lowest BCUT2D eigenvalue weighted by atomic mass is 9.93. The van der Waals surface area contributed by atoms with E-state index in [0.717, 1.165) is 18.6 Å². The first-order valence-electron chi connectivity index (χ1n) is 9.61. The Bertz CT molecular complexity index is 1030. The van der Waals surface area contributed by atoms with Gasteiger partial charge in [0.2, 0.25) is 15.9 Å². The molecule has 5 nitrogen and oxygen atoms in total. The maximum atomic E-state index is 13.4. The summed E-state index contributed by atoms with van der Waals surface area (Å²) >= 11 is 7.48. The van der Waals surface area contributed by atoms with Crippen LogP contribution < -0.4 is 0 Å². The van der Waals surface area contributed by atoms with Gasteiger partial charge in [-0.15, -0.1) is 11.3 Å². The normalized spacial score (nSPS) is 21.2. The third kappa shape index (κ3) is 3.83. The van der Waals surface area contributed by atoms with Crippen molar-refractivity contribution in [3.05, 3.63) is 50.9 Å². The molecular formula is C20H22ClFN2O3S2. The minimum Gasteiger partial charge on any atom is -0.335 e. The lowest BCUT2D eigenvalue weighted by Gasteiger charge is -2.38. The molecule has 4 rings (SSSR count). The molecular weight excluding hydrogens is 435 g/mol. The molecule has 156 valence electrons. The fraction of sp³-hybridized carbons (Fsp3) is 0.450. The summed E-state index contributed by atoms with van der Waals surface area (Å²) in [5.41, 5.74) is 1.22. The van der Waals surface area contributed by atoms with E-state index in [9.17, 15) is 17.6 Å².